The van der Waals surface area contributed by atoms with Gasteiger partial charge in [-0.1, -0.05) is 25.9 Å². The summed E-state index contributed by atoms with van der Waals surface area (Å²) >= 11 is 0. The maximum Gasteiger partial charge on any atom is 0.232 e. The molecule has 2 aliphatic heterocycles. The van der Waals surface area contributed by atoms with Crippen LogP contribution in [-0.4, -0.2) is 53.6 Å². The largest absolute Gasteiger partial charge is 0.377 e. The zero-order chi connectivity index (χ0) is 16.3. The van der Waals surface area contributed by atoms with Gasteiger partial charge in [-0.3, -0.25) is 4.90 Å². The Labute approximate surface area is 138 Å². The maximum atomic E-state index is 5.80. The highest BCUT2D eigenvalue weighted by Gasteiger charge is 2.26. The van der Waals surface area contributed by atoms with Crippen molar-refractivity contribution in [2.75, 3.05) is 26.3 Å². The van der Waals surface area contributed by atoms with E-state index in [4.69, 9.17) is 14.0 Å². The Morgan fingerprint density at radius 3 is 2.09 bits per heavy atom. The molecule has 0 bridgehead atoms. The van der Waals surface area contributed by atoms with Crippen LogP contribution in [0.25, 0.3) is 0 Å². The van der Waals surface area contributed by atoms with Crippen LogP contribution >= 0.6 is 0 Å². The molecule has 0 aliphatic carbocycles. The number of aromatic nitrogens is 2. The molecule has 2 atom stereocenters. The summed E-state index contributed by atoms with van der Waals surface area (Å²) in [6.07, 6.45) is 5.25. The number of hydrogen-bond acceptors (Lipinski definition) is 6. The molecule has 130 valence electrons. The van der Waals surface area contributed by atoms with Gasteiger partial charge in [-0.05, 0) is 25.7 Å². The van der Waals surface area contributed by atoms with Gasteiger partial charge in [0.2, 0.25) is 5.89 Å². The average molecular weight is 323 g/mol. The van der Waals surface area contributed by atoms with E-state index in [0.29, 0.717) is 24.6 Å². The van der Waals surface area contributed by atoms with Crippen LogP contribution in [0.3, 0.4) is 0 Å². The van der Waals surface area contributed by atoms with Crippen molar-refractivity contribution in [1.82, 2.24) is 15.0 Å². The van der Waals surface area contributed by atoms with Crippen molar-refractivity contribution in [2.24, 2.45) is 0 Å². The first-order chi connectivity index (χ1) is 11.0. The SMILES string of the molecule is CC(C)(C)c1nc(CN(CC2CCCO2)CC2CCCO2)no1. The van der Waals surface area contributed by atoms with E-state index in [-0.39, 0.29) is 5.41 Å². The number of nitrogens with zero attached hydrogens (tertiary/aromatic N) is 3. The fourth-order valence-corrected chi connectivity index (χ4v) is 3.18. The molecule has 3 heterocycles. The van der Waals surface area contributed by atoms with Gasteiger partial charge in [-0.2, -0.15) is 4.98 Å². The summed E-state index contributed by atoms with van der Waals surface area (Å²) in [5.74, 6) is 1.45. The van der Waals surface area contributed by atoms with Gasteiger partial charge in [-0.15, -0.1) is 0 Å². The standard InChI is InChI=1S/C17H29N3O3/c1-17(2,3)16-18-15(19-23-16)12-20(10-13-6-4-8-21-13)11-14-7-5-9-22-14/h13-14H,4-12H2,1-3H3. The lowest BCUT2D eigenvalue weighted by molar-refractivity contribution is 0.0334. The highest BCUT2D eigenvalue weighted by Crippen LogP contribution is 2.21. The summed E-state index contributed by atoms with van der Waals surface area (Å²) in [7, 11) is 0. The molecule has 0 aromatic carbocycles. The van der Waals surface area contributed by atoms with Crippen molar-refractivity contribution in [2.45, 2.75) is 70.6 Å². The lowest BCUT2D eigenvalue weighted by Gasteiger charge is -2.26. The first-order valence-electron chi connectivity index (χ1n) is 8.79. The zero-order valence-corrected chi connectivity index (χ0v) is 14.6. The molecule has 6 heteroatoms. The molecule has 0 saturated carbocycles. The van der Waals surface area contributed by atoms with Gasteiger partial charge >= 0.3 is 0 Å². The lowest BCUT2D eigenvalue weighted by atomic mass is 9.97. The minimum Gasteiger partial charge on any atom is -0.377 e. The van der Waals surface area contributed by atoms with E-state index < -0.39 is 0 Å². The van der Waals surface area contributed by atoms with Crippen molar-refractivity contribution >= 4 is 0 Å². The van der Waals surface area contributed by atoms with Crippen molar-refractivity contribution in [3.05, 3.63) is 11.7 Å². The zero-order valence-electron chi connectivity index (χ0n) is 14.6. The third-order valence-electron chi connectivity index (χ3n) is 4.45. The number of rotatable bonds is 6. The van der Waals surface area contributed by atoms with E-state index in [1.54, 1.807) is 0 Å². The maximum absolute atomic E-state index is 5.80. The summed E-state index contributed by atoms with van der Waals surface area (Å²) in [6, 6.07) is 0. The summed E-state index contributed by atoms with van der Waals surface area (Å²) in [5, 5.41) is 4.16. The van der Waals surface area contributed by atoms with Crippen LogP contribution < -0.4 is 0 Å². The van der Waals surface area contributed by atoms with Gasteiger partial charge in [0, 0.05) is 31.7 Å². The Bertz CT molecular complexity index is 468. The predicted molar refractivity (Wildman–Crippen MR) is 86.2 cm³/mol. The topological polar surface area (TPSA) is 60.6 Å². The molecule has 0 N–H and O–H groups in total. The van der Waals surface area contributed by atoms with E-state index in [2.05, 4.69) is 35.8 Å². The Kier molecular flexibility index (Phi) is 5.34. The fraction of sp³-hybridized carbons (Fsp3) is 0.882. The van der Waals surface area contributed by atoms with Gasteiger partial charge in [0.15, 0.2) is 5.82 Å². The smallest absolute Gasteiger partial charge is 0.232 e. The molecule has 2 fully saturated rings. The third-order valence-corrected chi connectivity index (χ3v) is 4.45. The minimum absolute atomic E-state index is 0.112. The van der Waals surface area contributed by atoms with Gasteiger partial charge in [-0.25, -0.2) is 0 Å². The van der Waals surface area contributed by atoms with Crippen LogP contribution in [0, 0.1) is 0 Å². The van der Waals surface area contributed by atoms with E-state index in [1.807, 2.05) is 0 Å². The molecule has 6 nitrogen and oxygen atoms in total. The molecule has 1 aromatic rings. The molecule has 0 amide bonds. The summed E-state index contributed by atoms with van der Waals surface area (Å²) < 4.78 is 17.0. The number of hydrogen-bond donors (Lipinski definition) is 0. The highest BCUT2D eigenvalue weighted by atomic mass is 16.5. The monoisotopic (exact) mass is 323 g/mol. The summed E-state index contributed by atoms with van der Waals surface area (Å²) in [6.45, 7) is 10.5. The second-order valence-corrected chi connectivity index (χ2v) is 7.73. The molecule has 23 heavy (non-hydrogen) atoms. The minimum atomic E-state index is -0.112. The van der Waals surface area contributed by atoms with Crippen molar-refractivity contribution in [3.63, 3.8) is 0 Å². The van der Waals surface area contributed by atoms with Crippen molar-refractivity contribution < 1.29 is 14.0 Å². The second-order valence-electron chi connectivity index (χ2n) is 7.73. The molecular weight excluding hydrogens is 294 g/mol. The van der Waals surface area contributed by atoms with Crippen molar-refractivity contribution in [3.8, 4) is 0 Å². The average Bonchev–Trinajstić information content (AvgIpc) is 3.18. The Morgan fingerprint density at radius 2 is 1.65 bits per heavy atom. The molecule has 3 rings (SSSR count). The van der Waals surface area contributed by atoms with Gasteiger partial charge in [0.25, 0.3) is 0 Å². The van der Waals surface area contributed by atoms with Gasteiger partial charge < -0.3 is 14.0 Å². The van der Waals surface area contributed by atoms with Crippen molar-refractivity contribution in [1.29, 1.82) is 0 Å². The third kappa shape index (κ3) is 4.75. The molecule has 2 aliphatic rings. The normalized spacial score (nSPS) is 25.6. The molecule has 0 radical (unpaired) electrons. The highest BCUT2D eigenvalue weighted by molar-refractivity contribution is 4.98. The van der Waals surface area contributed by atoms with E-state index >= 15 is 0 Å². The van der Waals surface area contributed by atoms with Crippen LogP contribution in [0.4, 0.5) is 0 Å². The van der Waals surface area contributed by atoms with E-state index in [1.165, 1.54) is 0 Å². The lowest BCUT2D eigenvalue weighted by Crippen LogP contribution is -2.37. The van der Waals surface area contributed by atoms with Crippen LogP contribution in [-0.2, 0) is 21.4 Å². The van der Waals surface area contributed by atoms with Crippen LogP contribution in [0.2, 0.25) is 0 Å². The molecule has 2 saturated heterocycles. The molecule has 2 unspecified atom stereocenters. The first-order valence-corrected chi connectivity index (χ1v) is 8.79. The molecule has 1 aromatic heterocycles. The van der Waals surface area contributed by atoms with E-state index in [9.17, 15) is 0 Å². The van der Waals surface area contributed by atoms with Gasteiger partial charge in [0.05, 0.1) is 18.8 Å². The van der Waals surface area contributed by atoms with E-state index in [0.717, 1.165) is 57.8 Å². The first kappa shape index (κ1) is 16.9. The summed E-state index contributed by atoms with van der Waals surface area (Å²) in [5.41, 5.74) is -0.112. The fourth-order valence-electron chi connectivity index (χ4n) is 3.18. The van der Waals surface area contributed by atoms with Gasteiger partial charge in [0.1, 0.15) is 0 Å². The quantitative estimate of drug-likeness (QED) is 0.802. The number of ether oxygens (including phenoxy) is 2. The Morgan fingerprint density at radius 1 is 1.04 bits per heavy atom. The van der Waals surface area contributed by atoms with Crippen LogP contribution in [0.5, 0.6) is 0 Å². The molecular formula is C17H29N3O3. The Balaban J connectivity index is 1.62. The van der Waals surface area contributed by atoms with Crippen LogP contribution in [0.1, 0.15) is 58.2 Å². The van der Waals surface area contributed by atoms with Crippen LogP contribution in [0.15, 0.2) is 4.52 Å². The summed E-state index contributed by atoms with van der Waals surface area (Å²) in [4.78, 5) is 6.93. The Hall–Kier alpha value is -0.980. The predicted octanol–water partition coefficient (Wildman–Crippen LogP) is 2.53. The molecule has 0 spiro atoms. The second kappa shape index (κ2) is 7.28.